The summed E-state index contributed by atoms with van der Waals surface area (Å²) in [7, 11) is 3.29. The number of carbonyl (C=O) groups is 2. The second kappa shape index (κ2) is 10.2. The lowest BCUT2D eigenvalue weighted by Gasteiger charge is -2.49. The Morgan fingerprint density at radius 1 is 0.949 bits per heavy atom. The van der Waals surface area contributed by atoms with Gasteiger partial charge in [0.05, 0.1) is 19.9 Å². The van der Waals surface area contributed by atoms with Crippen molar-refractivity contribution < 1.29 is 19.1 Å². The van der Waals surface area contributed by atoms with E-state index >= 15 is 0 Å². The fourth-order valence-electron chi connectivity index (χ4n) is 6.50. The molecule has 0 aliphatic carbocycles. The fraction of sp³-hybridized carbons (Fsp3) is 0.355. The first-order valence-electron chi connectivity index (χ1n) is 13.4. The molecular formula is C31H32ClN3O4. The molecule has 3 heterocycles. The maximum atomic E-state index is 14.4. The van der Waals surface area contributed by atoms with Crippen LogP contribution in [0.3, 0.4) is 0 Å². The topological polar surface area (TPSA) is 62.3 Å². The largest absolute Gasteiger partial charge is 0.493 e. The minimum absolute atomic E-state index is 0.0107. The zero-order valence-corrected chi connectivity index (χ0v) is 23.0. The van der Waals surface area contributed by atoms with Gasteiger partial charge in [0.2, 0.25) is 0 Å². The molecule has 8 heteroatoms. The van der Waals surface area contributed by atoms with Crippen LogP contribution < -0.4 is 14.4 Å². The summed E-state index contributed by atoms with van der Waals surface area (Å²) in [5, 5.41) is 0.560. The SMILES string of the molecule is COc1cc2c(cc1OC)[C@@H]1C[C@]3(CCN1CC2)C(=O)N(c1ccc(Cl)cc1)C(=O)N3CCc1ccccc1. The molecule has 0 unspecified atom stereocenters. The third-order valence-corrected chi connectivity index (χ3v) is 8.80. The summed E-state index contributed by atoms with van der Waals surface area (Å²) in [6, 6.07) is 20.9. The molecule has 3 aromatic rings. The molecule has 0 radical (unpaired) electrons. The average molecular weight is 546 g/mol. The van der Waals surface area contributed by atoms with Gasteiger partial charge in [0.25, 0.3) is 5.91 Å². The van der Waals surface area contributed by atoms with Crippen molar-refractivity contribution in [2.24, 2.45) is 0 Å². The van der Waals surface area contributed by atoms with E-state index in [0.717, 1.165) is 30.6 Å². The molecule has 0 aromatic heterocycles. The molecular weight excluding hydrogens is 514 g/mol. The number of hydrogen-bond donors (Lipinski definition) is 0. The van der Waals surface area contributed by atoms with E-state index in [4.69, 9.17) is 21.1 Å². The number of urea groups is 1. The molecule has 0 bridgehead atoms. The summed E-state index contributed by atoms with van der Waals surface area (Å²) in [4.78, 5) is 34.0. The summed E-state index contributed by atoms with van der Waals surface area (Å²) in [5.41, 5.74) is 3.09. The van der Waals surface area contributed by atoms with E-state index in [1.54, 1.807) is 38.5 Å². The minimum Gasteiger partial charge on any atom is -0.493 e. The van der Waals surface area contributed by atoms with Crippen LogP contribution in [0, 0.1) is 0 Å². The molecule has 1 spiro atoms. The van der Waals surface area contributed by atoms with E-state index in [-0.39, 0.29) is 18.0 Å². The first-order valence-corrected chi connectivity index (χ1v) is 13.8. The summed E-state index contributed by atoms with van der Waals surface area (Å²) in [6.07, 6.45) is 2.70. The predicted molar refractivity (Wildman–Crippen MR) is 151 cm³/mol. The molecule has 202 valence electrons. The Morgan fingerprint density at radius 3 is 2.38 bits per heavy atom. The number of carbonyl (C=O) groups excluding carboxylic acids is 2. The van der Waals surface area contributed by atoms with Gasteiger partial charge < -0.3 is 14.4 Å². The van der Waals surface area contributed by atoms with E-state index in [0.29, 0.717) is 48.0 Å². The van der Waals surface area contributed by atoms with Crippen molar-refractivity contribution in [1.29, 1.82) is 0 Å². The molecule has 7 nitrogen and oxygen atoms in total. The molecule has 2 fully saturated rings. The highest BCUT2D eigenvalue weighted by Crippen LogP contribution is 2.49. The Balaban J connectivity index is 1.40. The number of anilines is 1. The lowest BCUT2D eigenvalue weighted by atomic mass is 9.76. The molecule has 3 aliphatic rings. The van der Waals surface area contributed by atoms with Gasteiger partial charge in [-0.2, -0.15) is 0 Å². The van der Waals surface area contributed by atoms with E-state index in [1.165, 1.54) is 10.5 Å². The number of ether oxygens (including phenoxy) is 2. The van der Waals surface area contributed by atoms with Crippen LogP contribution in [0.15, 0.2) is 66.7 Å². The van der Waals surface area contributed by atoms with Gasteiger partial charge in [-0.1, -0.05) is 41.9 Å². The Hall–Kier alpha value is -3.55. The van der Waals surface area contributed by atoms with Crippen LogP contribution in [0.2, 0.25) is 5.02 Å². The molecule has 39 heavy (non-hydrogen) atoms. The molecule has 3 aromatic carbocycles. The van der Waals surface area contributed by atoms with Crippen LogP contribution in [-0.4, -0.2) is 61.1 Å². The van der Waals surface area contributed by atoms with Gasteiger partial charge in [0.15, 0.2) is 11.5 Å². The predicted octanol–water partition coefficient (Wildman–Crippen LogP) is 5.50. The highest BCUT2D eigenvalue weighted by atomic mass is 35.5. The Labute approximate surface area is 233 Å². The van der Waals surface area contributed by atoms with E-state index in [2.05, 4.69) is 29.2 Å². The second-order valence-corrected chi connectivity index (χ2v) is 10.9. The lowest BCUT2D eigenvalue weighted by molar-refractivity contribution is -0.129. The van der Waals surface area contributed by atoms with Crippen molar-refractivity contribution in [2.75, 3.05) is 38.8 Å². The van der Waals surface area contributed by atoms with Gasteiger partial charge in [0.1, 0.15) is 5.54 Å². The number of methoxy groups -OCH3 is 2. The maximum Gasteiger partial charge on any atom is 0.332 e. The van der Waals surface area contributed by atoms with Crippen molar-refractivity contribution in [2.45, 2.75) is 37.3 Å². The smallest absolute Gasteiger partial charge is 0.332 e. The molecule has 0 N–H and O–H groups in total. The number of fused-ring (bicyclic) bond motifs is 3. The Kier molecular flexibility index (Phi) is 6.73. The maximum absolute atomic E-state index is 14.4. The van der Waals surface area contributed by atoms with Crippen molar-refractivity contribution >= 4 is 29.2 Å². The van der Waals surface area contributed by atoms with E-state index in [1.807, 2.05) is 23.1 Å². The number of hydrogen-bond acceptors (Lipinski definition) is 5. The van der Waals surface area contributed by atoms with Crippen LogP contribution in [0.1, 0.15) is 35.6 Å². The number of imide groups is 1. The van der Waals surface area contributed by atoms with Crippen LogP contribution in [0.4, 0.5) is 10.5 Å². The second-order valence-electron chi connectivity index (χ2n) is 10.5. The molecule has 0 saturated carbocycles. The Bertz CT molecular complexity index is 1400. The molecule has 6 rings (SSSR count). The zero-order valence-electron chi connectivity index (χ0n) is 22.2. The van der Waals surface area contributed by atoms with Gasteiger partial charge in [-0.05, 0) is 78.8 Å². The number of halogens is 1. The molecule has 3 amide bonds. The van der Waals surface area contributed by atoms with Crippen molar-refractivity contribution in [3.63, 3.8) is 0 Å². The van der Waals surface area contributed by atoms with Crippen LogP contribution >= 0.6 is 11.6 Å². The monoisotopic (exact) mass is 545 g/mol. The third kappa shape index (κ3) is 4.34. The number of nitrogens with zero attached hydrogens (tertiary/aromatic N) is 3. The van der Waals surface area contributed by atoms with Gasteiger partial charge in [-0.3, -0.25) is 9.69 Å². The molecule has 2 atom stereocenters. The first kappa shape index (κ1) is 25.7. The number of amides is 3. The highest BCUT2D eigenvalue weighted by Gasteiger charge is 2.60. The average Bonchev–Trinajstić information content (AvgIpc) is 3.16. The lowest BCUT2D eigenvalue weighted by Crippen LogP contribution is -2.58. The van der Waals surface area contributed by atoms with Crippen molar-refractivity contribution in [3.05, 3.63) is 88.4 Å². The van der Waals surface area contributed by atoms with Crippen LogP contribution in [0.25, 0.3) is 0 Å². The minimum atomic E-state index is -0.936. The van der Waals surface area contributed by atoms with Crippen molar-refractivity contribution in [3.8, 4) is 11.5 Å². The Morgan fingerprint density at radius 2 is 1.67 bits per heavy atom. The van der Waals surface area contributed by atoms with Gasteiger partial charge in [-0.25, -0.2) is 9.69 Å². The third-order valence-electron chi connectivity index (χ3n) is 8.55. The fourth-order valence-corrected chi connectivity index (χ4v) is 6.63. The van der Waals surface area contributed by atoms with Gasteiger partial charge >= 0.3 is 6.03 Å². The normalized spacial score (nSPS) is 22.7. The highest BCUT2D eigenvalue weighted by molar-refractivity contribution is 6.31. The first-order chi connectivity index (χ1) is 18.9. The van der Waals surface area contributed by atoms with Gasteiger partial charge in [0, 0.05) is 30.7 Å². The summed E-state index contributed by atoms with van der Waals surface area (Å²) >= 11 is 6.13. The van der Waals surface area contributed by atoms with Gasteiger partial charge in [-0.15, -0.1) is 0 Å². The molecule has 2 saturated heterocycles. The zero-order chi connectivity index (χ0) is 27.1. The van der Waals surface area contributed by atoms with Crippen LogP contribution in [0.5, 0.6) is 11.5 Å². The summed E-state index contributed by atoms with van der Waals surface area (Å²) < 4.78 is 11.2. The number of rotatable bonds is 6. The van der Waals surface area contributed by atoms with Crippen LogP contribution in [-0.2, 0) is 17.6 Å². The van der Waals surface area contributed by atoms with Crippen molar-refractivity contribution in [1.82, 2.24) is 9.80 Å². The number of piperidine rings is 1. The summed E-state index contributed by atoms with van der Waals surface area (Å²) in [6.45, 7) is 2.09. The number of benzene rings is 3. The standard InChI is InChI=1S/C31H32ClN3O4/c1-38-27-18-22-13-15-33-17-14-31(20-26(33)25(22)19-28(27)39-2)29(36)35(24-10-8-23(32)9-11-24)30(37)34(31)16-12-21-6-4-3-5-7-21/h3-11,18-19,26H,12-17,20H2,1-2H3/t26-,31+/m0/s1. The van der Waals surface area contributed by atoms with E-state index < -0.39 is 5.54 Å². The molecule has 3 aliphatic heterocycles. The van der Waals surface area contributed by atoms with E-state index in [9.17, 15) is 9.59 Å². The summed E-state index contributed by atoms with van der Waals surface area (Å²) in [5.74, 6) is 1.23. The quantitative estimate of drug-likeness (QED) is 0.383.